The fourth-order valence-electron chi connectivity index (χ4n) is 2.76. The van der Waals surface area contributed by atoms with E-state index in [0.29, 0.717) is 0 Å². The number of hydrogen-bond acceptors (Lipinski definition) is 2. The molecule has 0 N–H and O–H groups in total. The van der Waals surface area contributed by atoms with Gasteiger partial charge in [0, 0.05) is 19.1 Å². The Kier molecular flexibility index (Phi) is 3.33. The van der Waals surface area contributed by atoms with E-state index in [0.717, 1.165) is 32.3 Å². The number of morpholine rings is 1. The molecule has 0 aromatic heterocycles. The molecule has 0 amide bonds. The Morgan fingerprint density at radius 3 is 2.53 bits per heavy atom. The molecule has 1 aliphatic heterocycles. The second kappa shape index (κ2) is 4.40. The van der Waals surface area contributed by atoms with E-state index in [4.69, 9.17) is 4.74 Å². The number of ether oxygens (including phenoxy) is 1. The molecule has 1 fully saturated rings. The molecule has 2 nitrogen and oxygen atoms in total. The fraction of sp³-hybridized carbons (Fsp3) is 0.833. The second-order valence-electron chi connectivity index (χ2n) is 5.65. The minimum absolute atomic E-state index is 0.751. The van der Waals surface area contributed by atoms with Crippen LogP contribution in [-0.4, -0.2) is 45.3 Å². The van der Waals surface area contributed by atoms with Gasteiger partial charge in [0.15, 0.2) is 0 Å². The van der Waals surface area contributed by atoms with E-state index in [2.05, 4.69) is 30.6 Å². The predicted octanol–water partition coefficient (Wildman–Crippen LogP) is 2.28. The normalized spacial score (nSPS) is 29.3. The molecular formula is C12H23NOSi. The van der Waals surface area contributed by atoms with Crippen LogP contribution >= 0.6 is 0 Å². The van der Waals surface area contributed by atoms with Gasteiger partial charge in [0.25, 0.3) is 0 Å². The zero-order valence-corrected chi connectivity index (χ0v) is 11.3. The molecule has 0 aromatic rings. The van der Waals surface area contributed by atoms with Crippen molar-refractivity contribution in [2.24, 2.45) is 0 Å². The van der Waals surface area contributed by atoms with Gasteiger partial charge >= 0.3 is 0 Å². The van der Waals surface area contributed by atoms with Gasteiger partial charge in [-0.3, -0.25) is 4.90 Å². The van der Waals surface area contributed by atoms with Gasteiger partial charge in [-0.1, -0.05) is 30.9 Å². The lowest BCUT2D eigenvalue weighted by atomic mass is 10.2. The molecular weight excluding hydrogens is 202 g/mol. The van der Waals surface area contributed by atoms with E-state index in [1.807, 2.05) is 0 Å². The number of nitrogens with zero attached hydrogens (tertiary/aromatic N) is 1. The summed E-state index contributed by atoms with van der Waals surface area (Å²) in [6, 6.07) is 0.751. The van der Waals surface area contributed by atoms with Crippen LogP contribution in [0.2, 0.25) is 19.6 Å². The maximum absolute atomic E-state index is 5.43. The molecule has 1 atom stereocenters. The maximum Gasteiger partial charge on any atom is 0.0740 e. The third kappa shape index (κ3) is 2.52. The molecule has 3 heteroatoms. The zero-order chi connectivity index (χ0) is 10.9. The van der Waals surface area contributed by atoms with E-state index < -0.39 is 8.07 Å². The highest BCUT2D eigenvalue weighted by Gasteiger charge is 2.33. The van der Waals surface area contributed by atoms with Crippen molar-refractivity contribution < 1.29 is 4.74 Å². The van der Waals surface area contributed by atoms with Gasteiger partial charge in [-0.2, -0.15) is 0 Å². The average molecular weight is 225 g/mol. The Morgan fingerprint density at radius 1 is 1.27 bits per heavy atom. The Labute approximate surface area is 94.3 Å². The van der Waals surface area contributed by atoms with Gasteiger partial charge in [-0.25, -0.2) is 0 Å². The summed E-state index contributed by atoms with van der Waals surface area (Å²) in [5.74, 6) is 0. The largest absolute Gasteiger partial charge is 0.379 e. The summed E-state index contributed by atoms with van der Waals surface area (Å²) in [6.45, 7) is 11.5. The van der Waals surface area contributed by atoms with Crippen molar-refractivity contribution in [1.29, 1.82) is 0 Å². The Balaban J connectivity index is 2.06. The summed E-state index contributed by atoms with van der Waals surface area (Å²) in [5, 5.41) is 1.78. The lowest BCUT2D eigenvalue weighted by Crippen LogP contribution is -2.47. The van der Waals surface area contributed by atoms with E-state index in [1.165, 1.54) is 12.8 Å². The van der Waals surface area contributed by atoms with Gasteiger partial charge in [0.2, 0.25) is 0 Å². The first kappa shape index (κ1) is 11.4. The van der Waals surface area contributed by atoms with Crippen LogP contribution in [0.5, 0.6) is 0 Å². The quantitative estimate of drug-likeness (QED) is 0.669. The third-order valence-electron chi connectivity index (χ3n) is 3.52. The van der Waals surface area contributed by atoms with Crippen LogP contribution in [0.3, 0.4) is 0 Å². The monoisotopic (exact) mass is 225 g/mol. The molecule has 0 bridgehead atoms. The molecule has 1 unspecified atom stereocenters. The van der Waals surface area contributed by atoms with Crippen molar-refractivity contribution in [3.05, 3.63) is 11.3 Å². The molecule has 0 spiro atoms. The number of rotatable bonds is 2. The Morgan fingerprint density at radius 2 is 1.93 bits per heavy atom. The highest BCUT2D eigenvalue weighted by atomic mass is 28.3. The molecule has 86 valence electrons. The van der Waals surface area contributed by atoms with Crippen LogP contribution < -0.4 is 0 Å². The van der Waals surface area contributed by atoms with Crippen molar-refractivity contribution >= 4 is 8.07 Å². The van der Waals surface area contributed by atoms with Crippen LogP contribution in [0.15, 0.2) is 11.3 Å². The maximum atomic E-state index is 5.43. The second-order valence-corrected chi connectivity index (χ2v) is 10.7. The third-order valence-corrected chi connectivity index (χ3v) is 5.79. The topological polar surface area (TPSA) is 12.5 Å². The molecule has 2 rings (SSSR count). The summed E-state index contributed by atoms with van der Waals surface area (Å²) in [5.41, 5.74) is 0. The summed E-state index contributed by atoms with van der Waals surface area (Å²) in [7, 11) is -1.09. The zero-order valence-electron chi connectivity index (χ0n) is 10.3. The Bertz CT molecular complexity index is 251. The van der Waals surface area contributed by atoms with Crippen molar-refractivity contribution in [2.75, 3.05) is 26.3 Å². The Hall–Kier alpha value is -0.123. The smallest absolute Gasteiger partial charge is 0.0740 e. The number of allylic oxidation sites excluding steroid dienone is 1. The fourth-order valence-corrected chi connectivity index (χ4v) is 4.85. The first-order valence-corrected chi connectivity index (χ1v) is 9.61. The molecule has 15 heavy (non-hydrogen) atoms. The first-order chi connectivity index (χ1) is 7.09. The summed E-state index contributed by atoms with van der Waals surface area (Å²) >= 11 is 0. The van der Waals surface area contributed by atoms with E-state index in [1.54, 1.807) is 5.20 Å². The van der Waals surface area contributed by atoms with E-state index >= 15 is 0 Å². The summed E-state index contributed by atoms with van der Waals surface area (Å²) in [4.78, 5) is 2.64. The molecule has 0 saturated carbocycles. The molecule has 1 aliphatic carbocycles. The van der Waals surface area contributed by atoms with Crippen LogP contribution in [-0.2, 0) is 4.74 Å². The van der Waals surface area contributed by atoms with E-state index in [-0.39, 0.29) is 0 Å². The standard InChI is InChI=1S/C12H23NOSi/c1-15(2,3)12-6-4-5-11(12)13-7-9-14-10-8-13/h6,11H,4-5,7-10H2,1-3H3. The average Bonchev–Trinajstić information content (AvgIpc) is 2.67. The van der Waals surface area contributed by atoms with Gasteiger partial charge in [0.05, 0.1) is 21.3 Å². The van der Waals surface area contributed by atoms with Gasteiger partial charge in [-0.05, 0) is 12.8 Å². The molecule has 2 aliphatic rings. The SMILES string of the molecule is C[Si](C)(C)C1=CCCC1N1CCOCC1. The lowest BCUT2D eigenvalue weighted by molar-refractivity contribution is 0.0247. The van der Waals surface area contributed by atoms with Gasteiger partial charge in [-0.15, -0.1) is 0 Å². The van der Waals surface area contributed by atoms with Crippen molar-refractivity contribution in [3.63, 3.8) is 0 Å². The van der Waals surface area contributed by atoms with Crippen molar-refractivity contribution in [2.45, 2.75) is 38.5 Å². The molecule has 1 heterocycles. The van der Waals surface area contributed by atoms with Crippen LogP contribution in [0.4, 0.5) is 0 Å². The first-order valence-electron chi connectivity index (χ1n) is 6.11. The predicted molar refractivity (Wildman–Crippen MR) is 66.8 cm³/mol. The minimum Gasteiger partial charge on any atom is -0.379 e. The molecule has 0 radical (unpaired) electrons. The number of hydrogen-bond donors (Lipinski definition) is 0. The van der Waals surface area contributed by atoms with Gasteiger partial charge < -0.3 is 4.74 Å². The van der Waals surface area contributed by atoms with Crippen LogP contribution in [0.1, 0.15) is 12.8 Å². The van der Waals surface area contributed by atoms with Gasteiger partial charge in [0.1, 0.15) is 0 Å². The summed E-state index contributed by atoms with van der Waals surface area (Å²) in [6.07, 6.45) is 5.16. The van der Waals surface area contributed by atoms with Crippen molar-refractivity contribution in [1.82, 2.24) is 4.90 Å². The summed E-state index contributed by atoms with van der Waals surface area (Å²) < 4.78 is 5.43. The minimum atomic E-state index is -1.09. The highest BCUT2D eigenvalue weighted by molar-refractivity contribution is 6.83. The highest BCUT2D eigenvalue weighted by Crippen LogP contribution is 2.31. The van der Waals surface area contributed by atoms with Crippen LogP contribution in [0, 0.1) is 0 Å². The van der Waals surface area contributed by atoms with Crippen LogP contribution in [0.25, 0.3) is 0 Å². The van der Waals surface area contributed by atoms with E-state index in [9.17, 15) is 0 Å². The molecule has 1 saturated heterocycles. The molecule has 0 aromatic carbocycles. The lowest BCUT2D eigenvalue weighted by Gasteiger charge is -2.37. The van der Waals surface area contributed by atoms with Crippen molar-refractivity contribution in [3.8, 4) is 0 Å².